The molecule has 2 rings (SSSR count). The molecule has 90 valence electrons. The summed E-state index contributed by atoms with van der Waals surface area (Å²) in [6, 6.07) is 12.0. The first-order chi connectivity index (χ1) is 7.61. The van der Waals surface area contributed by atoms with Gasteiger partial charge in [0.2, 0.25) is 0 Å². The van der Waals surface area contributed by atoms with Crippen LogP contribution in [0.5, 0.6) is 0 Å². The molecule has 0 aliphatic carbocycles. The molecule has 1 aromatic rings. The summed E-state index contributed by atoms with van der Waals surface area (Å²) >= 11 is 0. The summed E-state index contributed by atoms with van der Waals surface area (Å²) < 4.78 is 35.5. The van der Waals surface area contributed by atoms with Gasteiger partial charge in [0.1, 0.15) is 0 Å². The largest absolute Gasteiger partial charge is 0.460 e. The Bertz CT molecular complexity index is 242. The number of hydrogen-bond donors (Lipinski definition) is 1. The van der Waals surface area contributed by atoms with Gasteiger partial charge in [-0.05, 0) is 0 Å². The van der Waals surface area contributed by atoms with Crippen molar-refractivity contribution in [2.24, 2.45) is 0 Å². The Labute approximate surface area is 93.1 Å². The summed E-state index contributed by atoms with van der Waals surface area (Å²) in [6.45, 7) is 1.01. The van der Waals surface area contributed by atoms with E-state index in [4.69, 9.17) is 0 Å². The number of piperazine rings is 1. The number of halogens is 3. The van der Waals surface area contributed by atoms with E-state index in [0.717, 1.165) is 0 Å². The molecule has 1 saturated heterocycles. The van der Waals surface area contributed by atoms with Crippen LogP contribution in [0.2, 0.25) is 0 Å². The highest BCUT2D eigenvalue weighted by Crippen LogP contribution is 2.20. The lowest BCUT2D eigenvalue weighted by Crippen LogP contribution is -2.50. The monoisotopic (exact) mass is 232 g/mol. The molecule has 0 atom stereocenters. The third-order valence-electron chi connectivity index (χ3n) is 2.14. The second kappa shape index (κ2) is 6.50. The maximum absolute atomic E-state index is 11.8. The molecule has 0 bridgehead atoms. The zero-order chi connectivity index (χ0) is 11.9. The van der Waals surface area contributed by atoms with Gasteiger partial charge in [-0.1, -0.05) is 36.4 Å². The average Bonchev–Trinajstić information content (AvgIpc) is 2.32. The summed E-state index contributed by atoms with van der Waals surface area (Å²) in [6.07, 6.45) is -4.14. The van der Waals surface area contributed by atoms with Crippen LogP contribution < -0.4 is 5.32 Å². The smallest absolute Gasteiger partial charge is 0.314 e. The molecule has 5 heteroatoms. The van der Waals surface area contributed by atoms with E-state index in [9.17, 15) is 13.2 Å². The standard InChI is InChI=1S/C6H6.C5H9F3N2/c1-2-4-6-5-3-1;6-5(7,8)10-3-1-9-2-4-10/h1-6H;9H,1-4H2. The maximum Gasteiger partial charge on any atom is 0.460 e. The topological polar surface area (TPSA) is 15.3 Å². The first-order valence-corrected chi connectivity index (χ1v) is 5.13. The quantitative estimate of drug-likeness (QED) is 0.689. The van der Waals surface area contributed by atoms with Crippen molar-refractivity contribution < 1.29 is 13.2 Å². The van der Waals surface area contributed by atoms with E-state index in [1.165, 1.54) is 0 Å². The fraction of sp³-hybridized carbons (Fsp3) is 0.455. The highest BCUT2D eigenvalue weighted by Gasteiger charge is 2.37. The SMILES string of the molecule is FC(F)(F)N1CCNCC1.c1ccccc1. The Morgan fingerprint density at radius 2 is 1.19 bits per heavy atom. The van der Waals surface area contributed by atoms with Crippen molar-refractivity contribution in [3.8, 4) is 0 Å². The number of nitrogens with one attached hydrogen (secondary N) is 1. The predicted octanol–water partition coefficient (Wildman–Crippen LogP) is 2.10. The highest BCUT2D eigenvalue weighted by molar-refractivity contribution is 4.99. The van der Waals surface area contributed by atoms with Crippen LogP contribution in [0.3, 0.4) is 0 Å². The van der Waals surface area contributed by atoms with E-state index in [-0.39, 0.29) is 13.1 Å². The molecule has 0 saturated carbocycles. The van der Waals surface area contributed by atoms with Crippen LogP contribution in [0.4, 0.5) is 13.2 Å². The van der Waals surface area contributed by atoms with Crippen LogP contribution in [0.1, 0.15) is 0 Å². The molecule has 0 spiro atoms. The van der Waals surface area contributed by atoms with Gasteiger partial charge in [0, 0.05) is 26.2 Å². The number of alkyl halides is 3. The predicted molar refractivity (Wildman–Crippen MR) is 56.9 cm³/mol. The normalized spacial score (nSPS) is 17.4. The molecule has 1 N–H and O–H groups in total. The third kappa shape index (κ3) is 5.14. The number of rotatable bonds is 0. The summed E-state index contributed by atoms with van der Waals surface area (Å²) in [4.78, 5) is 0.517. The van der Waals surface area contributed by atoms with Gasteiger partial charge in [-0.25, -0.2) is 4.90 Å². The molecule has 1 fully saturated rings. The van der Waals surface area contributed by atoms with Crippen LogP contribution in [-0.2, 0) is 0 Å². The van der Waals surface area contributed by atoms with Gasteiger partial charge in [-0.15, -0.1) is 0 Å². The molecule has 0 aromatic heterocycles. The summed E-state index contributed by atoms with van der Waals surface area (Å²) in [5.41, 5.74) is 0. The molecular weight excluding hydrogens is 217 g/mol. The van der Waals surface area contributed by atoms with Crippen molar-refractivity contribution in [1.29, 1.82) is 0 Å². The third-order valence-corrected chi connectivity index (χ3v) is 2.14. The highest BCUT2D eigenvalue weighted by atomic mass is 19.4. The van der Waals surface area contributed by atoms with E-state index in [0.29, 0.717) is 18.0 Å². The first-order valence-electron chi connectivity index (χ1n) is 5.13. The average molecular weight is 232 g/mol. The second-order valence-electron chi connectivity index (χ2n) is 3.36. The minimum absolute atomic E-state index is 0.0729. The Morgan fingerprint density at radius 1 is 0.812 bits per heavy atom. The van der Waals surface area contributed by atoms with Gasteiger partial charge in [0.25, 0.3) is 0 Å². The lowest BCUT2D eigenvalue weighted by Gasteiger charge is -2.28. The summed E-state index contributed by atoms with van der Waals surface area (Å²) in [5, 5.41) is 2.85. The van der Waals surface area contributed by atoms with Crippen LogP contribution in [-0.4, -0.2) is 37.4 Å². The van der Waals surface area contributed by atoms with Gasteiger partial charge >= 0.3 is 6.30 Å². The van der Waals surface area contributed by atoms with Crippen LogP contribution in [0.25, 0.3) is 0 Å². The fourth-order valence-corrected chi connectivity index (χ4v) is 1.30. The summed E-state index contributed by atoms with van der Waals surface area (Å²) in [5.74, 6) is 0. The maximum atomic E-state index is 11.8. The molecule has 1 aliphatic rings. The van der Waals surface area contributed by atoms with Crippen molar-refractivity contribution in [2.45, 2.75) is 6.30 Å². The van der Waals surface area contributed by atoms with Gasteiger partial charge in [-0.2, -0.15) is 13.2 Å². The lowest BCUT2D eigenvalue weighted by atomic mass is 10.4. The molecule has 16 heavy (non-hydrogen) atoms. The molecule has 1 heterocycles. The van der Waals surface area contributed by atoms with Crippen molar-refractivity contribution >= 4 is 0 Å². The van der Waals surface area contributed by atoms with Crippen LogP contribution >= 0.6 is 0 Å². The minimum atomic E-state index is -4.14. The first kappa shape index (κ1) is 13.0. The molecule has 1 aliphatic heterocycles. The van der Waals surface area contributed by atoms with Crippen molar-refractivity contribution in [3.63, 3.8) is 0 Å². The molecule has 0 unspecified atom stereocenters. The second-order valence-corrected chi connectivity index (χ2v) is 3.36. The lowest BCUT2D eigenvalue weighted by molar-refractivity contribution is -0.247. The van der Waals surface area contributed by atoms with Crippen molar-refractivity contribution in [2.75, 3.05) is 26.2 Å². The Balaban J connectivity index is 0.000000181. The molecular formula is C11H15F3N2. The van der Waals surface area contributed by atoms with E-state index in [1.54, 1.807) is 0 Å². The molecule has 1 aromatic carbocycles. The summed E-state index contributed by atoms with van der Waals surface area (Å²) in [7, 11) is 0. The number of benzene rings is 1. The van der Waals surface area contributed by atoms with E-state index < -0.39 is 6.30 Å². The van der Waals surface area contributed by atoms with Gasteiger partial charge in [0.15, 0.2) is 0 Å². The molecule has 0 amide bonds. The van der Waals surface area contributed by atoms with Crippen LogP contribution in [0.15, 0.2) is 36.4 Å². The van der Waals surface area contributed by atoms with Crippen LogP contribution in [0, 0.1) is 0 Å². The number of hydrogen-bond acceptors (Lipinski definition) is 2. The zero-order valence-corrected chi connectivity index (χ0v) is 8.87. The number of nitrogens with zero attached hydrogens (tertiary/aromatic N) is 1. The zero-order valence-electron chi connectivity index (χ0n) is 8.87. The van der Waals surface area contributed by atoms with Gasteiger partial charge in [0.05, 0.1) is 0 Å². The van der Waals surface area contributed by atoms with Crippen molar-refractivity contribution in [1.82, 2.24) is 10.2 Å². The van der Waals surface area contributed by atoms with Gasteiger partial charge < -0.3 is 5.32 Å². The van der Waals surface area contributed by atoms with Crippen molar-refractivity contribution in [3.05, 3.63) is 36.4 Å². The van der Waals surface area contributed by atoms with E-state index in [2.05, 4.69) is 5.32 Å². The Kier molecular flexibility index (Phi) is 5.28. The minimum Gasteiger partial charge on any atom is -0.314 e. The molecule has 2 nitrogen and oxygen atoms in total. The van der Waals surface area contributed by atoms with E-state index in [1.807, 2.05) is 36.4 Å². The Hall–Kier alpha value is -1.07. The Morgan fingerprint density at radius 3 is 1.44 bits per heavy atom. The van der Waals surface area contributed by atoms with Gasteiger partial charge in [-0.3, -0.25) is 0 Å². The molecule has 0 radical (unpaired) electrons. The van der Waals surface area contributed by atoms with E-state index >= 15 is 0 Å². The fourth-order valence-electron chi connectivity index (χ4n) is 1.30.